The summed E-state index contributed by atoms with van der Waals surface area (Å²) in [6, 6.07) is 25.1. The van der Waals surface area contributed by atoms with Gasteiger partial charge in [0.25, 0.3) is 0 Å². The normalized spacial score (nSPS) is 10.5. The lowest BCUT2D eigenvalue weighted by atomic mass is 10.0. The van der Waals surface area contributed by atoms with Crippen molar-refractivity contribution in [3.63, 3.8) is 0 Å². The zero-order valence-electron chi connectivity index (χ0n) is 18.8. The molecular weight excluding hydrogens is 411 g/mol. The smallest absolute Gasteiger partial charge is 0.325 e. The van der Waals surface area contributed by atoms with E-state index in [2.05, 4.69) is 19.1 Å². The van der Waals surface area contributed by atoms with E-state index in [4.69, 9.17) is 18.9 Å². The second kappa shape index (κ2) is 15.8. The lowest BCUT2D eigenvalue weighted by molar-refractivity contribution is 0.394. The van der Waals surface area contributed by atoms with Crippen molar-refractivity contribution in [3.05, 3.63) is 84.4 Å². The summed E-state index contributed by atoms with van der Waals surface area (Å²) >= 11 is 0. The molecule has 0 aliphatic heterocycles. The maximum Gasteiger partial charge on any atom is 0.325 e. The van der Waals surface area contributed by atoms with Crippen LogP contribution in [0.4, 0.5) is 0 Å². The summed E-state index contributed by atoms with van der Waals surface area (Å²) in [4.78, 5) is 0. The molecule has 0 saturated carbocycles. The second-order valence-corrected chi connectivity index (χ2v) is 7.12. The van der Waals surface area contributed by atoms with E-state index in [1.165, 1.54) is 5.56 Å². The van der Waals surface area contributed by atoms with E-state index in [0.29, 0.717) is 5.92 Å². The monoisotopic (exact) mass is 443 g/mol. The van der Waals surface area contributed by atoms with E-state index < -0.39 is 0 Å². The number of rotatable bonds is 7. The summed E-state index contributed by atoms with van der Waals surface area (Å²) in [5.74, 6) is 3.70. The fourth-order valence-corrected chi connectivity index (χ4v) is 2.97. The third kappa shape index (κ3) is 10.5. The van der Waals surface area contributed by atoms with Crippen LogP contribution < -0.4 is 18.9 Å². The number of ether oxygens (including phenoxy) is 4. The van der Waals surface area contributed by atoms with Gasteiger partial charge in [0.1, 0.15) is 29.2 Å². The van der Waals surface area contributed by atoms with Gasteiger partial charge in [0.2, 0.25) is 0 Å². The van der Waals surface area contributed by atoms with Gasteiger partial charge in [0.15, 0.2) is 0 Å². The first-order chi connectivity index (χ1) is 15.1. The maximum atomic E-state index is 10.3. The van der Waals surface area contributed by atoms with Crippen LogP contribution in [-0.2, 0) is 4.57 Å². The molecule has 0 bridgehead atoms. The van der Waals surface area contributed by atoms with Crippen LogP contribution in [0.2, 0.25) is 0 Å². The van der Waals surface area contributed by atoms with E-state index in [1.54, 1.807) is 28.4 Å². The maximum absolute atomic E-state index is 10.3. The van der Waals surface area contributed by atoms with Gasteiger partial charge in [-0.1, -0.05) is 54.0 Å². The summed E-state index contributed by atoms with van der Waals surface area (Å²) in [5, 5.41) is 0. The number of hydrogen-bond donors (Lipinski definition) is 0. The summed E-state index contributed by atoms with van der Waals surface area (Å²) in [7, 11) is 6.35. The Labute approximate surface area is 187 Å². The van der Waals surface area contributed by atoms with Crippen LogP contribution in [-0.4, -0.2) is 34.6 Å². The highest BCUT2D eigenvalue weighted by atomic mass is 31.1. The molecule has 0 spiro atoms. The Kier molecular flexibility index (Phi) is 13.2. The highest BCUT2D eigenvalue weighted by Gasteiger charge is 2.07. The van der Waals surface area contributed by atoms with Gasteiger partial charge in [0, 0.05) is 18.1 Å². The molecule has 5 nitrogen and oxygen atoms in total. The van der Waals surface area contributed by atoms with Crippen molar-refractivity contribution in [1.82, 2.24) is 0 Å². The van der Waals surface area contributed by atoms with Gasteiger partial charge in [-0.25, -0.2) is 0 Å². The molecule has 0 N–H and O–H groups in total. The molecule has 166 valence electrons. The number of methoxy groups -OCH3 is 4. The average Bonchev–Trinajstić information content (AvgIpc) is 2.85. The van der Waals surface area contributed by atoms with Gasteiger partial charge in [-0.3, -0.25) is 0 Å². The SMILES string of the molecule is CC(C[PH+]=O)c1ccccc1.COc1cccc(OC)c1.COc1cccc(OC)c1. The Morgan fingerprint density at radius 3 is 1.35 bits per heavy atom. The van der Waals surface area contributed by atoms with Gasteiger partial charge in [0.05, 0.1) is 28.4 Å². The lowest BCUT2D eigenvalue weighted by Gasteiger charge is -2.02. The summed E-state index contributed by atoms with van der Waals surface area (Å²) in [6.45, 7) is 2.10. The Morgan fingerprint density at radius 1 is 0.645 bits per heavy atom. The van der Waals surface area contributed by atoms with Crippen LogP contribution in [0.15, 0.2) is 78.9 Å². The minimum Gasteiger partial charge on any atom is -0.497 e. The van der Waals surface area contributed by atoms with Crippen LogP contribution >= 0.6 is 8.46 Å². The topological polar surface area (TPSA) is 54.0 Å². The molecule has 0 aromatic heterocycles. The van der Waals surface area contributed by atoms with Crippen molar-refractivity contribution in [2.24, 2.45) is 0 Å². The Hall–Kier alpha value is -3.04. The summed E-state index contributed by atoms with van der Waals surface area (Å²) < 4.78 is 30.2. The molecule has 3 aromatic rings. The molecule has 0 radical (unpaired) electrons. The quantitative estimate of drug-likeness (QED) is 0.406. The van der Waals surface area contributed by atoms with Crippen molar-refractivity contribution >= 4 is 8.46 Å². The molecule has 3 rings (SSSR count). The number of benzene rings is 3. The van der Waals surface area contributed by atoms with Crippen molar-refractivity contribution in [3.8, 4) is 23.0 Å². The standard InChI is InChI=1S/C9H11OP.2C8H10O2/c1-8(7-11-10)9-5-3-2-4-6-9;2*1-9-7-4-3-5-8(6-7)10-2/h2-6,8H,7H2,1H3;2*3-6H,1-2H3/p+1. The fraction of sp³-hybridized carbons (Fsp3) is 0.280. The molecule has 0 fully saturated rings. The molecule has 0 heterocycles. The lowest BCUT2D eigenvalue weighted by Crippen LogP contribution is -1.92. The van der Waals surface area contributed by atoms with Crippen LogP contribution in [0.25, 0.3) is 0 Å². The summed E-state index contributed by atoms with van der Waals surface area (Å²) in [5.41, 5.74) is 1.27. The molecule has 2 atom stereocenters. The Balaban J connectivity index is 0.000000233. The van der Waals surface area contributed by atoms with Crippen molar-refractivity contribution in [2.45, 2.75) is 12.8 Å². The molecular formula is C25H32O5P+. The van der Waals surface area contributed by atoms with Crippen molar-refractivity contribution in [2.75, 3.05) is 34.6 Å². The Morgan fingerprint density at radius 2 is 1.03 bits per heavy atom. The third-order valence-electron chi connectivity index (χ3n) is 4.31. The highest BCUT2D eigenvalue weighted by molar-refractivity contribution is 7.23. The van der Waals surface area contributed by atoms with Gasteiger partial charge >= 0.3 is 8.46 Å². The Bertz CT molecular complexity index is 785. The van der Waals surface area contributed by atoms with Gasteiger partial charge < -0.3 is 18.9 Å². The number of hydrogen-bond acceptors (Lipinski definition) is 5. The van der Waals surface area contributed by atoms with E-state index in [9.17, 15) is 4.57 Å². The van der Waals surface area contributed by atoms with E-state index in [0.717, 1.165) is 29.2 Å². The zero-order chi connectivity index (χ0) is 22.9. The molecule has 0 aliphatic rings. The average molecular weight is 444 g/mol. The minimum absolute atomic E-state index is 0.186. The highest BCUT2D eigenvalue weighted by Crippen LogP contribution is 2.19. The largest absolute Gasteiger partial charge is 0.497 e. The fourth-order valence-electron chi connectivity index (χ4n) is 2.48. The first kappa shape index (κ1) is 26.0. The third-order valence-corrected chi connectivity index (χ3v) is 5.09. The van der Waals surface area contributed by atoms with Crippen LogP contribution in [0.5, 0.6) is 23.0 Å². The predicted molar refractivity (Wildman–Crippen MR) is 128 cm³/mol. The van der Waals surface area contributed by atoms with Crippen LogP contribution in [0.1, 0.15) is 18.4 Å². The van der Waals surface area contributed by atoms with Gasteiger partial charge in [-0.05, 0) is 29.8 Å². The molecule has 31 heavy (non-hydrogen) atoms. The van der Waals surface area contributed by atoms with Crippen LogP contribution in [0.3, 0.4) is 0 Å². The summed E-state index contributed by atoms with van der Waals surface area (Å²) in [6.07, 6.45) is 0.768. The minimum atomic E-state index is -0.186. The molecule has 0 saturated heterocycles. The van der Waals surface area contributed by atoms with Gasteiger partial charge in [-0.15, -0.1) is 0 Å². The molecule has 0 amide bonds. The first-order valence-electron chi connectivity index (χ1n) is 9.83. The molecule has 6 heteroatoms. The zero-order valence-corrected chi connectivity index (χ0v) is 19.8. The first-order valence-corrected chi connectivity index (χ1v) is 11.0. The van der Waals surface area contributed by atoms with E-state index in [1.807, 2.05) is 66.7 Å². The predicted octanol–water partition coefficient (Wildman–Crippen LogP) is 6.22. The van der Waals surface area contributed by atoms with Crippen molar-refractivity contribution in [1.29, 1.82) is 0 Å². The van der Waals surface area contributed by atoms with Crippen molar-refractivity contribution < 1.29 is 23.5 Å². The van der Waals surface area contributed by atoms with E-state index in [-0.39, 0.29) is 8.46 Å². The molecule has 2 unspecified atom stereocenters. The second-order valence-electron chi connectivity index (χ2n) is 6.43. The van der Waals surface area contributed by atoms with E-state index >= 15 is 0 Å². The molecule has 0 aliphatic carbocycles. The molecule has 3 aromatic carbocycles. The van der Waals surface area contributed by atoms with Gasteiger partial charge in [-0.2, -0.15) is 0 Å². The van der Waals surface area contributed by atoms with Crippen LogP contribution in [0, 0.1) is 0 Å².